The van der Waals surface area contributed by atoms with Crippen LogP contribution in [-0.2, 0) is 10.0 Å². The highest BCUT2D eigenvalue weighted by Crippen LogP contribution is 2.30. The molecule has 6 nitrogen and oxygen atoms in total. The van der Waals surface area contributed by atoms with E-state index in [0.717, 1.165) is 3.57 Å². The summed E-state index contributed by atoms with van der Waals surface area (Å²) in [7, 11) is -3.62. The molecule has 166 valence electrons. The van der Waals surface area contributed by atoms with Gasteiger partial charge in [0.15, 0.2) is 5.13 Å². The van der Waals surface area contributed by atoms with Gasteiger partial charge in [0.1, 0.15) is 0 Å². The molecule has 3 rings (SSSR count). The fraction of sp³-hybridized carbons (Fsp3) is 0.364. The van der Waals surface area contributed by atoms with Crippen LogP contribution in [0.25, 0.3) is 10.2 Å². The van der Waals surface area contributed by atoms with Crippen LogP contribution in [0.4, 0.5) is 5.13 Å². The summed E-state index contributed by atoms with van der Waals surface area (Å²) in [6, 6.07) is 12.3. The summed E-state index contributed by atoms with van der Waals surface area (Å²) in [5.41, 5.74) is 1.23. The van der Waals surface area contributed by atoms with Gasteiger partial charge in [-0.2, -0.15) is 4.31 Å². The fourth-order valence-corrected chi connectivity index (χ4v) is 6.56. The molecule has 0 aliphatic heterocycles. The highest BCUT2D eigenvalue weighted by Gasteiger charge is 2.26. The number of hydrogen-bond donors (Lipinski definition) is 1. The lowest BCUT2D eigenvalue weighted by molar-refractivity contribution is 0.102. The molecule has 31 heavy (non-hydrogen) atoms. The summed E-state index contributed by atoms with van der Waals surface area (Å²) in [5.74, 6) is 0.212. The second kappa shape index (κ2) is 9.93. The van der Waals surface area contributed by atoms with Crippen molar-refractivity contribution in [2.45, 2.75) is 32.6 Å². The molecule has 0 unspecified atom stereocenters. The minimum Gasteiger partial charge on any atom is -0.298 e. The zero-order chi connectivity index (χ0) is 22.8. The number of fused-ring (bicyclic) bond motifs is 1. The van der Waals surface area contributed by atoms with E-state index in [1.165, 1.54) is 11.3 Å². The SMILES string of the molecule is CC(C)CN(CC(C)C)S(=O)(=O)c1ccc2nc(NC(=O)c3ccccc3I)sc2c1. The van der Waals surface area contributed by atoms with Crippen molar-refractivity contribution in [3.63, 3.8) is 0 Å². The number of anilines is 1. The third kappa shape index (κ3) is 5.82. The molecule has 2 aromatic carbocycles. The first-order chi connectivity index (χ1) is 14.6. The molecule has 1 amide bonds. The Morgan fingerprint density at radius 2 is 1.74 bits per heavy atom. The van der Waals surface area contributed by atoms with Crippen molar-refractivity contribution in [1.82, 2.24) is 9.29 Å². The highest BCUT2D eigenvalue weighted by molar-refractivity contribution is 14.1. The Hall–Kier alpha value is -1.56. The number of carbonyl (C=O) groups is 1. The van der Waals surface area contributed by atoms with Crippen molar-refractivity contribution in [2.24, 2.45) is 11.8 Å². The minimum atomic E-state index is -3.62. The topological polar surface area (TPSA) is 79.4 Å². The van der Waals surface area contributed by atoms with Crippen LogP contribution in [0, 0.1) is 15.4 Å². The van der Waals surface area contributed by atoms with Crippen molar-refractivity contribution >= 4 is 65.2 Å². The van der Waals surface area contributed by atoms with Gasteiger partial charge in [0, 0.05) is 16.7 Å². The number of nitrogens with zero attached hydrogens (tertiary/aromatic N) is 2. The second-order valence-electron chi connectivity index (χ2n) is 8.19. The van der Waals surface area contributed by atoms with Crippen molar-refractivity contribution in [2.75, 3.05) is 18.4 Å². The summed E-state index contributed by atoms with van der Waals surface area (Å²) < 4.78 is 29.7. The van der Waals surface area contributed by atoms with E-state index < -0.39 is 10.0 Å². The number of rotatable bonds is 8. The van der Waals surface area contributed by atoms with Crippen molar-refractivity contribution in [3.8, 4) is 0 Å². The molecule has 0 fully saturated rings. The van der Waals surface area contributed by atoms with E-state index >= 15 is 0 Å². The van der Waals surface area contributed by atoms with Crippen molar-refractivity contribution < 1.29 is 13.2 Å². The molecule has 9 heteroatoms. The van der Waals surface area contributed by atoms with Crippen molar-refractivity contribution in [3.05, 3.63) is 51.6 Å². The van der Waals surface area contributed by atoms with Crippen LogP contribution >= 0.6 is 33.9 Å². The van der Waals surface area contributed by atoms with E-state index in [2.05, 4.69) is 32.9 Å². The Morgan fingerprint density at radius 3 is 2.35 bits per heavy atom. The van der Waals surface area contributed by atoms with Crippen molar-refractivity contribution in [1.29, 1.82) is 0 Å². The first-order valence-electron chi connectivity index (χ1n) is 10.0. The maximum absolute atomic E-state index is 13.3. The van der Waals surface area contributed by atoms with Crippen LogP contribution in [0.3, 0.4) is 0 Å². The number of amides is 1. The molecule has 0 aliphatic carbocycles. The van der Waals surface area contributed by atoms with Gasteiger partial charge in [-0.1, -0.05) is 51.2 Å². The average Bonchev–Trinajstić information content (AvgIpc) is 3.08. The van der Waals surface area contributed by atoms with E-state index in [0.29, 0.717) is 34.0 Å². The number of carbonyl (C=O) groups excluding carboxylic acids is 1. The Balaban J connectivity index is 1.89. The summed E-state index contributed by atoms with van der Waals surface area (Å²) in [6.45, 7) is 8.99. The number of nitrogens with one attached hydrogen (secondary N) is 1. The molecule has 0 radical (unpaired) electrons. The standard InChI is InChI=1S/C22H26IN3O3S2/c1-14(2)12-26(13-15(3)4)31(28,29)16-9-10-19-20(11-16)30-22(24-19)25-21(27)17-7-5-6-8-18(17)23/h5-11,14-15H,12-13H2,1-4H3,(H,24,25,27). The predicted molar refractivity (Wildman–Crippen MR) is 135 cm³/mol. The number of thiazole rings is 1. The first kappa shape index (κ1) is 24.1. The summed E-state index contributed by atoms with van der Waals surface area (Å²) in [5, 5.41) is 3.27. The maximum atomic E-state index is 13.3. The molecule has 1 N–H and O–H groups in total. The maximum Gasteiger partial charge on any atom is 0.258 e. The molecule has 0 bridgehead atoms. The van der Waals surface area contributed by atoms with Crippen LogP contribution in [0.2, 0.25) is 0 Å². The molecular weight excluding hydrogens is 545 g/mol. The van der Waals surface area contributed by atoms with Gasteiger partial charge in [0.05, 0.1) is 20.7 Å². The van der Waals surface area contributed by atoms with Crippen LogP contribution < -0.4 is 5.32 Å². The summed E-state index contributed by atoms with van der Waals surface area (Å²) in [4.78, 5) is 17.3. The van der Waals surface area contributed by atoms with Gasteiger partial charge in [0.25, 0.3) is 5.91 Å². The quantitative estimate of drug-likeness (QED) is 0.365. The number of halogens is 1. The Kier molecular flexibility index (Phi) is 7.72. The van der Waals surface area contributed by atoms with Gasteiger partial charge >= 0.3 is 0 Å². The van der Waals surface area contributed by atoms with E-state index in [-0.39, 0.29) is 22.6 Å². The zero-order valence-electron chi connectivity index (χ0n) is 17.9. The van der Waals surface area contributed by atoms with Crippen LogP contribution in [0.15, 0.2) is 47.4 Å². The van der Waals surface area contributed by atoms with Gasteiger partial charge in [-0.3, -0.25) is 10.1 Å². The second-order valence-corrected chi connectivity index (χ2v) is 12.3. The van der Waals surface area contributed by atoms with Crippen LogP contribution in [0.5, 0.6) is 0 Å². The first-order valence-corrected chi connectivity index (χ1v) is 13.4. The highest BCUT2D eigenvalue weighted by atomic mass is 127. The summed E-state index contributed by atoms with van der Waals surface area (Å²) in [6.07, 6.45) is 0. The van der Waals surface area contributed by atoms with E-state index in [1.807, 2.05) is 45.9 Å². The Labute approximate surface area is 201 Å². The van der Waals surface area contributed by atoms with Gasteiger partial charge in [-0.25, -0.2) is 13.4 Å². The Morgan fingerprint density at radius 1 is 1.10 bits per heavy atom. The van der Waals surface area contributed by atoms with E-state index in [9.17, 15) is 13.2 Å². The average molecular weight is 572 g/mol. The lowest BCUT2D eigenvalue weighted by atomic mass is 10.2. The molecule has 3 aromatic rings. The molecule has 0 saturated carbocycles. The van der Waals surface area contributed by atoms with Gasteiger partial charge in [0.2, 0.25) is 10.0 Å². The lowest BCUT2D eigenvalue weighted by Gasteiger charge is -2.25. The van der Waals surface area contributed by atoms with Crippen LogP contribution in [0.1, 0.15) is 38.1 Å². The lowest BCUT2D eigenvalue weighted by Crippen LogP contribution is -2.37. The van der Waals surface area contributed by atoms with E-state index in [4.69, 9.17) is 0 Å². The Bertz CT molecular complexity index is 1180. The van der Waals surface area contributed by atoms with Crippen LogP contribution in [-0.4, -0.2) is 36.7 Å². The zero-order valence-corrected chi connectivity index (χ0v) is 21.7. The van der Waals surface area contributed by atoms with Gasteiger partial charge in [-0.05, 0) is 64.8 Å². The van der Waals surface area contributed by atoms with Gasteiger partial charge < -0.3 is 0 Å². The normalized spacial score (nSPS) is 12.3. The third-order valence-electron chi connectivity index (χ3n) is 4.47. The molecule has 0 spiro atoms. The number of hydrogen-bond acceptors (Lipinski definition) is 5. The molecule has 1 aromatic heterocycles. The third-order valence-corrected chi connectivity index (χ3v) is 8.18. The minimum absolute atomic E-state index is 0.225. The molecular formula is C22H26IN3O3S2. The number of sulfonamides is 1. The number of aromatic nitrogens is 1. The molecule has 0 atom stereocenters. The predicted octanol–water partition coefficient (Wildman–Crippen LogP) is 5.46. The monoisotopic (exact) mass is 571 g/mol. The smallest absolute Gasteiger partial charge is 0.258 e. The molecule has 0 saturated heterocycles. The van der Waals surface area contributed by atoms with Gasteiger partial charge in [-0.15, -0.1) is 0 Å². The molecule has 1 heterocycles. The number of benzene rings is 2. The largest absolute Gasteiger partial charge is 0.298 e. The van der Waals surface area contributed by atoms with E-state index in [1.54, 1.807) is 28.6 Å². The summed E-state index contributed by atoms with van der Waals surface area (Å²) >= 11 is 3.39. The molecule has 0 aliphatic rings. The fourth-order valence-electron chi connectivity index (χ4n) is 3.16.